The Labute approximate surface area is 152 Å². The summed E-state index contributed by atoms with van der Waals surface area (Å²) >= 11 is 0. The number of benzene rings is 2. The second-order valence-electron chi connectivity index (χ2n) is 6.43. The molecule has 1 heterocycles. The van der Waals surface area contributed by atoms with E-state index in [1.165, 1.54) is 12.1 Å². The summed E-state index contributed by atoms with van der Waals surface area (Å²) in [5.41, 5.74) is 1.37. The Hall–Kier alpha value is -2.44. The van der Waals surface area contributed by atoms with Gasteiger partial charge < -0.3 is 20.5 Å². The molecular formula is C20H23FN2O3. The average molecular weight is 358 g/mol. The Balaban J connectivity index is 1.54. The number of rotatable bonds is 5. The van der Waals surface area contributed by atoms with Gasteiger partial charge >= 0.3 is 0 Å². The minimum absolute atomic E-state index is 0.220. The Morgan fingerprint density at radius 2 is 1.92 bits per heavy atom. The van der Waals surface area contributed by atoms with E-state index in [-0.39, 0.29) is 17.8 Å². The number of amides is 1. The smallest absolute Gasteiger partial charge is 0.251 e. The maximum atomic E-state index is 12.9. The van der Waals surface area contributed by atoms with E-state index in [0.717, 1.165) is 18.5 Å². The number of hydrogen-bond donors (Lipinski definition) is 3. The van der Waals surface area contributed by atoms with Gasteiger partial charge in [0, 0.05) is 12.1 Å². The molecule has 1 amide bonds. The highest BCUT2D eigenvalue weighted by Crippen LogP contribution is 2.15. The van der Waals surface area contributed by atoms with Crippen LogP contribution >= 0.6 is 0 Å². The molecular weight excluding hydrogens is 335 g/mol. The number of hydrogen-bond acceptors (Lipinski definition) is 4. The van der Waals surface area contributed by atoms with Crippen molar-refractivity contribution in [1.29, 1.82) is 0 Å². The lowest BCUT2D eigenvalue weighted by molar-refractivity contribution is 0.0832. The number of halogens is 1. The monoisotopic (exact) mass is 358 g/mol. The zero-order valence-corrected chi connectivity index (χ0v) is 14.5. The standard InChI is InChI=1S/C20H23FN2O3/c21-16-7-3-14(4-8-16)13-26-17-9-5-15(6-10-17)20(25)23-18-12-22-11-1-2-19(18)24/h3-10,18-19,22,24H,1-2,11-13H2,(H,23,25)/t18-,19+/m0/s1. The first-order valence-electron chi connectivity index (χ1n) is 8.79. The molecule has 2 aromatic rings. The summed E-state index contributed by atoms with van der Waals surface area (Å²) in [6.45, 7) is 1.74. The van der Waals surface area contributed by atoms with Crippen LogP contribution in [0.3, 0.4) is 0 Å². The van der Waals surface area contributed by atoms with Crippen molar-refractivity contribution in [2.75, 3.05) is 13.1 Å². The molecule has 0 saturated carbocycles. The van der Waals surface area contributed by atoms with Gasteiger partial charge in [-0.15, -0.1) is 0 Å². The van der Waals surface area contributed by atoms with E-state index in [2.05, 4.69) is 10.6 Å². The third-order valence-corrected chi connectivity index (χ3v) is 4.43. The Kier molecular flexibility index (Phi) is 6.20. The van der Waals surface area contributed by atoms with E-state index in [9.17, 15) is 14.3 Å². The van der Waals surface area contributed by atoms with Crippen molar-refractivity contribution < 1.29 is 19.0 Å². The van der Waals surface area contributed by atoms with Crippen LogP contribution in [0.5, 0.6) is 5.75 Å². The molecule has 0 spiro atoms. The third kappa shape index (κ3) is 5.03. The van der Waals surface area contributed by atoms with Gasteiger partial charge in [-0.3, -0.25) is 4.79 Å². The maximum absolute atomic E-state index is 12.9. The van der Waals surface area contributed by atoms with Gasteiger partial charge in [0.25, 0.3) is 5.91 Å². The lowest BCUT2D eigenvalue weighted by Crippen LogP contribution is -2.47. The van der Waals surface area contributed by atoms with Gasteiger partial charge in [0.1, 0.15) is 18.2 Å². The van der Waals surface area contributed by atoms with Crippen molar-refractivity contribution >= 4 is 5.91 Å². The fourth-order valence-electron chi connectivity index (χ4n) is 2.88. The molecule has 3 rings (SSSR count). The predicted octanol–water partition coefficient (Wildman–Crippen LogP) is 2.25. The molecule has 5 nitrogen and oxygen atoms in total. The number of aliphatic hydroxyl groups is 1. The van der Waals surface area contributed by atoms with E-state index in [1.807, 2.05) is 0 Å². The topological polar surface area (TPSA) is 70.6 Å². The van der Waals surface area contributed by atoms with Crippen LogP contribution in [0.1, 0.15) is 28.8 Å². The number of nitrogens with one attached hydrogen (secondary N) is 2. The first-order valence-corrected chi connectivity index (χ1v) is 8.79. The summed E-state index contributed by atoms with van der Waals surface area (Å²) in [7, 11) is 0. The molecule has 1 aliphatic heterocycles. The molecule has 0 bridgehead atoms. The summed E-state index contributed by atoms with van der Waals surface area (Å²) in [6, 6.07) is 12.6. The number of carbonyl (C=O) groups excluding carboxylic acids is 1. The van der Waals surface area contributed by atoms with Crippen molar-refractivity contribution in [3.8, 4) is 5.75 Å². The fourth-order valence-corrected chi connectivity index (χ4v) is 2.88. The summed E-state index contributed by atoms with van der Waals surface area (Å²) in [5.74, 6) is 0.128. The molecule has 2 atom stereocenters. The summed E-state index contributed by atoms with van der Waals surface area (Å²) in [4.78, 5) is 12.4. The fraction of sp³-hybridized carbons (Fsp3) is 0.350. The van der Waals surface area contributed by atoms with E-state index >= 15 is 0 Å². The van der Waals surface area contributed by atoms with Crippen molar-refractivity contribution in [3.63, 3.8) is 0 Å². The average Bonchev–Trinajstić information content (AvgIpc) is 2.86. The molecule has 0 unspecified atom stereocenters. The predicted molar refractivity (Wildman–Crippen MR) is 96.5 cm³/mol. The Morgan fingerprint density at radius 3 is 2.65 bits per heavy atom. The van der Waals surface area contributed by atoms with E-state index in [1.54, 1.807) is 36.4 Å². The first-order chi connectivity index (χ1) is 12.6. The van der Waals surface area contributed by atoms with Crippen molar-refractivity contribution in [3.05, 3.63) is 65.5 Å². The Morgan fingerprint density at radius 1 is 1.19 bits per heavy atom. The molecule has 0 aliphatic carbocycles. The lowest BCUT2D eigenvalue weighted by atomic mass is 10.1. The van der Waals surface area contributed by atoms with Crippen LogP contribution in [0, 0.1) is 5.82 Å². The molecule has 26 heavy (non-hydrogen) atoms. The van der Waals surface area contributed by atoms with E-state index in [4.69, 9.17) is 4.74 Å². The molecule has 0 radical (unpaired) electrons. The van der Waals surface area contributed by atoms with Crippen LogP contribution in [0.25, 0.3) is 0 Å². The van der Waals surface area contributed by atoms with Crippen molar-refractivity contribution in [2.45, 2.75) is 31.6 Å². The maximum Gasteiger partial charge on any atom is 0.251 e. The lowest BCUT2D eigenvalue weighted by Gasteiger charge is -2.21. The normalized spacial score (nSPS) is 20.2. The van der Waals surface area contributed by atoms with Crippen LogP contribution in [0.2, 0.25) is 0 Å². The number of aliphatic hydroxyl groups excluding tert-OH is 1. The molecule has 3 N–H and O–H groups in total. The zero-order chi connectivity index (χ0) is 18.4. The van der Waals surface area contributed by atoms with Crippen LogP contribution in [0.4, 0.5) is 4.39 Å². The van der Waals surface area contributed by atoms with Crippen LogP contribution in [-0.4, -0.2) is 36.2 Å². The Bertz CT molecular complexity index is 719. The zero-order valence-electron chi connectivity index (χ0n) is 14.5. The SMILES string of the molecule is O=C(N[C@H]1CNCCC[C@H]1O)c1ccc(OCc2ccc(F)cc2)cc1. The quantitative estimate of drug-likeness (QED) is 0.767. The highest BCUT2D eigenvalue weighted by molar-refractivity contribution is 5.94. The molecule has 1 saturated heterocycles. The second-order valence-corrected chi connectivity index (χ2v) is 6.43. The van der Waals surface area contributed by atoms with Gasteiger partial charge in [-0.1, -0.05) is 12.1 Å². The van der Waals surface area contributed by atoms with Crippen LogP contribution in [-0.2, 0) is 6.61 Å². The molecule has 138 valence electrons. The second kappa shape index (κ2) is 8.78. The van der Waals surface area contributed by atoms with Gasteiger partial charge in [-0.25, -0.2) is 4.39 Å². The minimum Gasteiger partial charge on any atom is -0.489 e. The van der Waals surface area contributed by atoms with Crippen molar-refractivity contribution in [1.82, 2.24) is 10.6 Å². The molecule has 1 aliphatic rings. The number of ether oxygens (including phenoxy) is 1. The number of carbonyl (C=O) groups is 1. The van der Waals surface area contributed by atoms with Crippen molar-refractivity contribution in [2.24, 2.45) is 0 Å². The highest BCUT2D eigenvalue weighted by atomic mass is 19.1. The third-order valence-electron chi connectivity index (χ3n) is 4.43. The minimum atomic E-state index is -0.535. The largest absolute Gasteiger partial charge is 0.489 e. The molecule has 2 aromatic carbocycles. The highest BCUT2D eigenvalue weighted by Gasteiger charge is 2.23. The summed E-state index contributed by atoms with van der Waals surface area (Å²) in [5, 5.41) is 16.2. The first kappa shape index (κ1) is 18.4. The van der Waals surface area contributed by atoms with Crippen LogP contribution in [0.15, 0.2) is 48.5 Å². The van der Waals surface area contributed by atoms with Gasteiger partial charge in [0.2, 0.25) is 0 Å². The molecule has 1 fully saturated rings. The van der Waals surface area contributed by atoms with E-state index in [0.29, 0.717) is 30.9 Å². The summed E-state index contributed by atoms with van der Waals surface area (Å²) in [6.07, 6.45) is 1.04. The van der Waals surface area contributed by atoms with Gasteiger partial charge in [-0.2, -0.15) is 0 Å². The van der Waals surface area contributed by atoms with Gasteiger partial charge in [-0.05, 0) is 61.3 Å². The van der Waals surface area contributed by atoms with Gasteiger partial charge in [0.15, 0.2) is 0 Å². The van der Waals surface area contributed by atoms with E-state index < -0.39 is 6.10 Å². The van der Waals surface area contributed by atoms with Crippen LogP contribution < -0.4 is 15.4 Å². The molecule has 0 aromatic heterocycles. The summed E-state index contributed by atoms with van der Waals surface area (Å²) < 4.78 is 18.5. The molecule has 6 heteroatoms. The van der Waals surface area contributed by atoms with Gasteiger partial charge in [0.05, 0.1) is 12.1 Å².